The average molecular weight is 354 g/mol. The van der Waals surface area contributed by atoms with Crippen LogP contribution in [0.25, 0.3) is 0 Å². The Labute approximate surface area is 149 Å². The van der Waals surface area contributed by atoms with Gasteiger partial charge in [-0.05, 0) is 30.7 Å². The van der Waals surface area contributed by atoms with Gasteiger partial charge in [-0.15, -0.1) is 0 Å². The normalized spacial score (nSPS) is 10.4. The summed E-state index contributed by atoms with van der Waals surface area (Å²) in [5.41, 5.74) is 2.15. The summed E-state index contributed by atoms with van der Waals surface area (Å²) in [4.78, 5) is 20.4. The summed E-state index contributed by atoms with van der Waals surface area (Å²) >= 11 is 0. The van der Waals surface area contributed by atoms with Crippen molar-refractivity contribution in [2.24, 2.45) is 0 Å². The van der Waals surface area contributed by atoms with Gasteiger partial charge in [0, 0.05) is 18.8 Å². The highest BCUT2D eigenvalue weighted by Gasteiger charge is 2.12. The predicted molar refractivity (Wildman–Crippen MR) is 94.8 cm³/mol. The molecule has 0 aliphatic heterocycles. The highest BCUT2D eigenvalue weighted by molar-refractivity contribution is 6.03. The molecule has 0 aliphatic carbocycles. The van der Waals surface area contributed by atoms with E-state index in [0.29, 0.717) is 12.6 Å². The van der Waals surface area contributed by atoms with Crippen LogP contribution in [0.5, 0.6) is 0 Å². The molecule has 1 heterocycles. The van der Waals surface area contributed by atoms with Crippen LogP contribution in [-0.2, 0) is 6.54 Å². The van der Waals surface area contributed by atoms with Crippen molar-refractivity contribution in [3.05, 3.63) is 83.2 Å². The quantitative estimate of drug-likeness (QED) is 0.729. The Morgan fingerprint density at radius 1 is 1.08 bits per heavy atom. The molecule has 132 valence electrons. The lowest BCUT2D eigenvalue weighted by Gasteiger charge is -2.08. The maximum absolute atomic E-state index is 13.6. The van der Waals surface area contributed by atoms with E-state index in [9.17, 15) is 13.6 Å². The standard InChI is InChI=1S/C19H16F2N4O/c1-12-2-4-13(5-3-12)11-23-19-22-9-8-17(25-19)18(26)24-16-7-6-14(20)10-15(16)21/h2-10H,11H2,1H3,(H,24,26)(H,22,23,25). The number of hydrogen-bond acceptors (Lipinski definition) is 4. The maximum Gasteiger partial charge on any atom is 0.274 e. The molecule has 0 bridgehead atoms. The molecule has 0 aliphatic rings. The third-order valence-electron chi connectivity index (χ3n) is 3.64. The number of benzene rings is 2. The van der Waals surface area contributed by atoms with Crippen molar-refractivity contribution in [1.29, 1.82) is 0 Å². The first-order chi connectivity index (χ1) is 12.5. The van der Waals surface area contributed by atoms with E-state index in [4.69, 9.17) is 0 Å². The number of aryl methyl sites for hydroxylation is 1. The predicted octanol–water partition coefficient (Wildman–Crippen LogP) is 3.93. The number of nitrogens with zero attached hydrogens (tertiary/aromatic N) is 2. The van der Waals surface area contributed by atoms with Crippen LogP contribution in [0, 0.1) is 18.6 Å². The third kappa shape index (κ3) is 4.38. The summed E-state index contributed by atoms with van der Waals surface area (Å²) < 4.78 is 26.6. The fourth-order valence-electron chi connectivity index (χ4n) is 2.23. The molecule has 1 aromatic heterocycles. The number of amides is 1. The molecular weight excluding hydrogens is 338 g/mol. The van der Waals surface area contributed by atoms with E-state index in [1.807, 2.05) is 31.2 Å². The van der Waals surface area contributed by atoms with Gasteiger partial charge in [-0.25, -0.2) is 18.7 Å². The van der Waals surface area contributed by atoms with E-state index in [0.717, 1.165) is 23.3 Å². The van der Waals surface area contributed by atoms with Crippen LogP contribution in [0.15, 0.2) is 54.7 Å². The van der Waals surface area contributed by atoms with Crippen molar-refractivity contribution in [2.75, 3.05) is 10.6 Å². The monoisotopic (exact) mass is 354 g/mol. The van der Waals surface area contributed by atoms with Gasteiger partial charge in [0.25, 0.3) is 5.91 Å². The summed E-state index contributed by atoms with van der Waals surface area (Å²) in [5.74, 6) is -1.91. The highest BCUT2D eigenvalue weighted by atomic mass is 19.1. The van der Waals surface area contributed by atoms with Gasteiger partial charge in [-0.1, -0.05) is 29.8 Å². The summed E-state index contributed by atoms with van der Waals surface area (Å²) in [7, 11) is 0. The minimum absolute atomic E-state index is 0.0649. The van der Waals surface area contributed by atoms with Crippen LogP contribution in [0.1, 0.15) is 21.6 Å². The largest absolute Gasteiger partial charge is 0.350 e. The van der Waals surface area contributed by atoms with Crippen LogP contribution >= 0.6 is 0 Å². The summed E-state index contributed by atoms with van der Waals surface area (Å²) in [6.07, 6.45) is 1.43. The van der Waals surface area contributed by atoms with Crippen molar-refractivity contribution in [3.63, 3.8) is 0 Å². The molecule has 3 rings (SSSR count). The molecule has 0 atom stereocenters. The molecule has 1 amide bonds. The van der Waals surface area contributed by atoms with E-state index in [-0.39, 0.29) is 17.3 Å². The van der Waals surface area contributed by atoms with Crippen LogP contribution in [0.3, 0.4) is 0 Å². The first-order valence-corrected chi connectivity index (χ1v) is 7.90. The van der Waals surface area contributed by atoms with E-state index in [1.54, 1.807) is 0 Å². The fourth-order valence-corrected chi connectivity index (χ4v) is 2.23. The van der Waals surface area contributed by atoms with Gasteiger partial charge < -0.3 is 10.6 Å². The Hall–Kier alpha value is -3.35. The zero-order chi connectivity index (χ0) is 18.5. The van der Waals surface area contributed by atoms with Crippen molar-refractivity contribution >= 4 is 17.5 Å². The highest BCUT2D eigenvalue weighted by Crippen LogP contribution is 2.16. The second-order valence-electron chi connectivity index (χ2n) is 5.68. The Bertz CT molecular complexity index is 929. The second-order valence-corrected chi connectivity index (χ2v) is 5.68. The molecular formula is C19H16F2N4O. The van der Waals surface area contributed by atoms with Crippen LogP contribution in [0.4, 0.5) is 20.4 Å². The molecule has 7 heteroatoms. The molecule has 26 heavy (non-hydrogen) atoms. The second kappa shape index (κ2) is 7.69. The number of halogens is 2. The van der Waals surface area contributed by atoms with Crippen molar-refractivity contribution < 1.29 is 13.6 Å². The number of carbonyl (C=O) groups is 1. The van der Waals surface area contributed by atoms with Gasteiger partial charge in [0.15, 0.2) is 0 Å². The first-order valence-electron chi connectivity index (χ1n) is 7.90. The Kier molecular flexibility index (Phi) is 5.17. The lowest BCUT2D eigenvalue weighted by Crippen LogP contribution is -2.16. The number of aromatic nitrogens is 2. The first kappa shape index (κ1) is 17.5. The topological polar surface area (TPSA) is 66.9 Å². The van der Waals surface area contributed by atoms with E-state index in [1.165, 1.54) is 12.3 Å². The molecule has 0 saturated carbocycles. The Morgan fingerprint density at radius 3 is 2.58 bits per heavy atom. The number of nitrogens with one attached hydrogen (secondary N) is 2. The minimum Gasteiger partial charge on any atom is -0.350 e. The molecule has 0 fully saturated rings. The average Bonchev–Trinajstić information content (AvgIpc) is 2.64. The van der Waals surface area contributed by atoms with Crippen molar-refractivity contribution in [2.45, 2.75) is 13.5 Å². The molecule has 0 radical (unpaired) electrons. The fraction of sp³-hybridized carbons (Fsp3) is 0.105. The van der Waals surface area contributed by atoms with Gasteiger partial charge in [0.2, 0.25) is 5.95 Å². The zero-order valence-corrected chi connectivity index (χ0v) is 14.0. The van der Waals surface area contributed by atoms with Crippen molar-refractivity contribution in [1.82, 2.24) is 9.97 Å². The van der Waals surface area contributed by atoms with Gasteiger partial charge in [-0.3, -0.25) is 4.79 Å². The molecule has 0 unspecified atom stereocenters. The SMILES string of the molecule is Cc1ccc(CNc2nccc(C(=O)Nc3ccc(F)cc3F)n2)cc1. The van der Waals surface area contributed by atoms with Crippen LogP contribution in [0.2, 0.25) is 0 Å². The van der Waals surface area contributed by atoms with Gasteiger partial charge in [-0.2, -0.15) is 0 Å². The number of anilines is 2. The number of carbonyl (C=O) groups excluding carboxylic acids is 1. The number of hydrogen-bond donors (Lipinski definition) is 2. The lowest BCUT2D eigenvalue weighted by molar-refractivity contribution is 0.102. The van der Waals surface area contributed by atoms with Crippen LogP contribution < -0.4 is 10.6 Å². The minimum atomic E-state index is -0.856. The zero-order valence-electron chi connectivity index (χ0n) is 14.0. The van der Waals surface area contributed by atoms with E-state index < -0.39 is 17.5 Å². The molecule has 0 spiro atoms. The molecule has 2 aromatic carbocycles. The van der Waals surface area contributed by atoms with E-state index >= 15 is 0 Å². The molecule has 0 saturated heterocycles. The summed E-state index contributed by atoms with van der Waals surface area (Å²) in [6, 6.07) is 12.3. The molecule has 2 N–H and O–H groups in total. The van der Waals surface area contributed by atoms with Gasteiger partial charge in [0.05, 0.1) is 5.69 Å². The van der Waals surface area contributed by atoms with Crippen LogP contribution in [-0.4, -0.2) is 15.9 Å². The van der Waals surface area contributed by atoms with Gasteiger partial charge in [0.1, 0.15) is 17.3 Å². The maximum atomic E-state index is 13.6. The van der Waals surface area contributed by atoms with E-state index in [2.05, 4.69) is 20.6 Å². The van der Waals surface area contributed by atoms with Gasteiger partial charge >= 0.3 is 0 Å². The van der Waals surface area contributed by atoms with Crippen molar-refractivity contribution in [3.8, 4) is 0 Å². The Balaban J connectivity index is 1.67. The smallest absolute Gasteiger partial charge is 0.274 e. The third-order valence-corrected chi connectivity index (χ3v) is 3.64. The number of rotatable bonds is 5. The molecule has 5 nitrogen and oxygen atoms in total. The summed E-state index contributed by atoms with van der Waals surface area (Å²) in [6.45, 7) is 2.50. The lowest BCUT2D eigenvalue weighted by atomic mass is 10.1. The Morgan fingerprint density at radius 2 is 1.85 bits per heavy atom. The summed E-state index contributed by atoms with van der Waals surface area (Å²) in [5, 5.41) is 5.39. The molecule has 3 aromatic rings.